The molecule has 112 valence electrons. The van der Waals surface area contributed by atoms with Crippen molar-refractivity contribution in [1.29, 1.82) is 0 Å². The van der Waals surface area contributed by atoms with Gasteiger partial charge in [0.25, 0.3) is 0 Å². The minimum atomic E-state index is 0.620. The van der Waals surface area contributed by atoms with Gasteiger partial charge in [-0.1, -0.05) is 19.3 Å². The molecule has 0 aliphatic heterocycles. The second kappa shape index (κ2) is 6.72. The van der Waals surface area contributed by atoms with Gasteiger partial charge in [-0.15, -0.1) is 0 Å². The van der Waals surface area contributed by atoms with Gasteiger partial charge in [0, 0.05) is 34.7 Å². The standard InChI is InChI=1S/C14H26N6/c1-15-12-16-13(19(2)3)18-14(17-12)20(4)10-11-8-6-5-7-9-11/h11H,5-10H2,1-4H3,(H,15,16,17,18). The Morgan fingerprint density at radius 2 is 1.65 bits per heavy atom. The van der Waals surface area contributed by atoms with Gasteiger partial charge in [0.05, 0.1) is 0 Å². The highest BCUT2D eigenvalue weighted by molar-refractivity contribution is 5.43. The van der Waals surface area contributed by atoms with Crippen LogP contribution in [0.25, 0.3) is 0 Å². The molecule has 0 atom stereocenters. The van der Waals surface area contributed by atoms with Crippen LogP contribution in [-0.2, 0) is 0 Å². The number of nitrogens with one attached hydrogen (secondary N) is 1. The third-order valence-electron chi connectivity index (χ3n) is 3.83. The summed E-state index contributed by atoms with van der Waals surface area (Å²) < 4.78 is 0. The lowest BCUT2D eigenvalue weighted by Crippen LogP contribution is -2.29. The van der Waals surface area contributed by atoms with Crippen molar-refractivity contribution in [2.75, 3.05) is 49.9 Å². The van der Waals surface area contributed by atoms with Crippen molar-refractivity contribution >= 4 is 17.8 Å². The molecule has 0 radical (unpaired) electrons. The summed E-state index contributed by atoms with van der Waals surface area (Å²) in [7, 11) is 7.79. The molecule has 0 unspecified atom stereocenters. The van der Waals surface area contributed by atoms with Crippen LogP contribution in [0, 0.1) is 5.92 Å². The normalized spacial score (nSPS) is 16.0. The third-order valence-corrected chi connectivity index (χ3v) is 3.83. The summed E-state index contributed by atoms with van der Waals surface area (Å²) >= 11 is 0. The van der Waals surface area contributed by atoms with Gasteiger partial charge >= 0.3 is 0 Å². The highest BCUT2D eigenvalue weighted by Crippen LogP contribution is 2.25. The molecular weight excluding hydrogens is 252 g/mol. The predicted octanol–water partition coefficient (Wildman–Crippen LogP) is 2.00. The van der Waals surface area contributed by atoms with E-state index in [2.05, 4.69) is 32.2 Å². The van der Waals surface area contributed by atoms with E-state index in [1.165, 1.54) is 32.1 Å². The molecule has 0 saturated heterocycles. The summed E-state index contributed by atoms with van der Waals surface area (Å²) in [5.74, 6) is 2.83. The molecule has 0 spiro atoms. The first-order valence-electron chi connectivity index (χ1n) is 7.42. The van der Waals surface area contributed by atoms with E-state index >= 15 is 0 Å². The van der Waals surface area contributed by atoms with E-state index < -0.39 is 0 Å². The Morgan fingerprint density at radius 3 is 2.25 bits per heavy atom. The molecular formula is C14H26N6. The van der Waals surface area contributed by atoms with Crippen LogP contribution >= 0.6 is 0 Å². The fourth-order valence-corrected chi connectivity index (χ4v) is 2.68. The number of rotatable bonds is 5. The van der Waals surface area contributed by atoms with E-state index in [1.807, 2.05) is 26.0 Å². The van der Waals surface area contributed by atoms with E-state index in [0.29, 0.717) is 11.9 Å². The first-order valence-corrected chi connectivity index (χ1v) is 7.42. The Kier molecular flexibility index (Phi) is 4.98. The summed E-state index contributed by atoms with van der Waals surface area (Å²) in [6.07, 6.45) is 6.77. The van der Waals surface area contributed by atoms with Crippen LogP contribution in [0.5, 0.6) is 0 Å². The van der Waals surface area contributed by atoms with Crippen molar-refractivity contribution in [3.05, 3.63) is 0 Å². The lowest BCUT2D eigenvalue weighted by molar-refractivity contribution is 0.361. The van der Waals surface area contributed by atoms with Gasteiger partial charge in [-0.2, -0.15) is 15.0 Å². The maximum absolute atomic E-state index is 4.54. The Balaban J connectivity index is 2.11. The lowest BCUT2D eigenvalue weighted by atomic mass is 9.89. The highest BCUT2D eigenvalue weighted by atomic mass is 15.3. The summed E-state index contributed by atoms with van der Waals surface area (Å²) in [5, 5.41) is 3.01. The van der Waals surface area contributed by atoms with Gasteiger partial charge in [0.15, 0.2) is 0 Å². The van der Waals surface area contributed by atoms with Crippen LogP contribution in [0.3, 0.4) is 0 Å². The van der Waals surface area contributed by atoms with Gasteiger partial charge in [0.2, 0.25) is 17.8 Å². The van der Waals surface area contributed by atoms with Gasteiger partial charge < -0.3 is 15.1 Å². The quantitative estimate of drug-likeness (QED) is 0.889. The molecule has 1 saturated carbocycles. The summed E-state index contributed by atoms with van der Waals surface area (Å²) in [4.78, 5) is 17.4. The predicted molar refractivity (Wildman–Crippen MR) is 83.5 cm³/mol. The van der Waals surface area contributed by atoms with Crippen LogP contribution in [-0.4, -0.2) is 49.7 Å². The molecule has 0 aromatic carbocycles. The van der Waals surface area contributed by atoms with Crippen LogP contribution in [0.2, 0.25) is 0 Å². The molecule has 1 aromatic rings. The maximum atomic E-state index is 4.54. The number of anilines is 3. The Hall–Kier alpha value is -1.59. The molecule has 1 aliphatic rings. The summed E-state index contributed by atoms with van der Waals surface area (Å²) in [5.41, 5.74) is 0. The van der Waals surface area contributed by atoms with Gasteiger partial charge in [-0.3, -0.25) is 0 Å². The first kappa shape index (κ1) is 14.8. The molecule has 1 N–H and O–H groups in total. The minimum absolute atomic E-state index is 0.620. The van der Waals surface area contributed by atoms with Gasteiger partial charge in [0.1, 0.15) is 0 Å². The Morgan fingerprint density at radius 1 is 1.00 bits per heavy atom. The maximum Gasteiger partial charge on any atom is 0.231 e. The fraction of sp³-hybridized carbons (Fsp3) is 0.786. The van der Waals surface area contributed by atoms with Crippen molar-refractivity contribution < 1.29 is 0 Å². The molecule has 20 heavy (non-hydrogen) atoms. The van der Waals surface area contributed by atoms with E-state index in [0.717, 1.165) is 18.4 Å². The molecule has 1 fully saturated rings. The van der Waals surface area contributed by atoms with E-state index in [9.17, 15) is 0 Å². The molecule has 2 rings (SSSR count). The fourth-order valence-electron chi connectivity index (χ4n) is 2.68. The molecule has 6 heteroatoms. The Bertz CT molecular complexity index is 428. The van der Waals surface area contributed by atoms with E-state index in [1.54, 1.807) is 0 Å². The number of hydrogen-bond acceptors (Lipinski definition) is 6. The summed E-state index contributed by atoms with van der Waals surface area (Å²) in [6.45, 7) is 1.03. The van der Waals surface area contributed by atoms with Crippen molar-refractivity contribution in [3.63, 3.8) is 0 Å². The van der Waals surface area contributed by atoms with E-state index in [4.69, 9.17) is 0 Å². The van der Waals surface area contributed by atoms with Crippen molar-refractivity contribution in [3.8, 4) is 0 Å². The van der Waals surface area contributed by atoms with Gasteiger partial charge in [-0.25, -0.2) is 0 Å². The molecule has 0 bridgehead atoms. The van der Waals surface area contributed by atoms with Gasteiger partial charge in [-0.05, 0) is 18.8 Å². The van der Waals surface area contributed by atoms with Crippen LogP contribution < -0.4 is 15.1 Å². The number of hydrogen-bond donors (Lipinski definition) is 1. The van der Waals surface area contributed by atoms with Crippen molar-refractivity contribution in [2.45, 2.75) is 32.1 Å². The molecule has 1 aliphatic carbocycles. The highest BCUT2D eigenvalue weighted by Gasteiger charge is 2.18. The van der Waals surface area contributed by atoms with Crippen molar-refractivity contribution in [1.82, 2.24) is 15.0 Å². The molecule has 1 heterocycles. The largest absolute Gasteiger partial charge is 0.357 e. The topological polar surface area (TPSA) is 57.2 Å². The molecule has 6 nitrogen and oxygen atoms in total. The zero-order chi connectivity index (χ0) is 14.5. The monoisotopic (exact) mass is 278 g/mol. The van der Waals surface area contributed by atoms with Crippen LogP contribution in [0.4, 0.5) is 17.8 Å². The zero-order valence-electron chi connectivity index (χ0n) is 13.1. The zero-order valence-corrected chi connectivity index (χ0v) is 13.1. The third kappa shape index (κ3) is 3.71. The number of aromatic nitrogens is 3. The lowest BCUT2D eigenvalue weighted by Gasteiger charge is -2.27. The average Bonchev–Trinajstić information content (AvgIpc) is 2.47. The van der Waals surface area contributed by atoms with Crippen LogP contribution in [0.1, 0.15) is 32.1 Å². The summed E-state index contributed by atoms with van der Waals surface area (Å²) in [6, 6.07) is 0. The average molecular weight is 278 g/mol. The molecule has 1 aromatic heterocycles. The minimum Gasteiger partial charge on any atom is -0.357 e. The number of nitrogens with zero attached hydrogens (tertiary/aromatic N) is 5. The second-order valence-corrected chi connectivity index (χ2v) is 5.79. The van der Waals surface area contributed by atoms with Crippen molar-refractivity contribution in [2.24, 2.45) is 5.92 Å². The Labute approximate surface area is 121 Å². The first-order chi connectivity index (χ1) is 9.60. The smallest absolute Gasteiger partial charge is 0.231 e. The van der Waals surface area contributed by atoms with Crippen LogP contribution in [0.15, 0.2) is 0 Å². The molecule has 0 amide bonds. The van der Waals surface area contributed by atoms with E-state index in [-0.39, 0.29) is 0 Å². The second-order valence-electron chi connectivity index (χ2n) is 5.79. The SMILES string of the molecule is CNc1nc(N(C)C)nc(N(C)CC2CCCCC2)n1.